The zero-order chi connectivity index (χ0) is 16.5. The van der Waals surface area contributed by atoms with Crippen molar-refractivity contribution in [1.82, 2.24) is 4.98 Å². The van der Waals surface area contributed by atoms with E-state index >= 15 is 0 Å². The van der Waals surface area contributed by atoms with Crippen molar-refractivity contribution in [2.24, 2.45) is 0 Å². The zero-order valence-electron chi connectivity index (χ0n) is 13.0. The third-order valence-corrected chi connectivity index (χ3v) is 2.78. The van der Waals surface area contributed by atoms with Crippen LogP contribution in [0.3, 0.4) is 0 Å². The molecule has 0 spiro atoms. The van der Waals surface area contributed by atoms with Crippen LogP contribution in [0.15, 0.2) is 18.3 Å². The Hall–Kier alpha value is -1.79. The highest BCUT2D eigenvalue weighted by molar-refractivity contribution is 5.46. The van der Waals surface area contributed by atoms with Crippen LogP contribution in [0.25, 0.3) is 0 Å². The molecule has 120 valence electrons. The van der Waals surface area contributed by atoms with Gasteiger partial charge in [0.2, 0.25) is 0 Å². The lowest BCUT2D eigenvalue weighted by molar-refractivity contribution is -0.389. The van der Waals surface area contributed by atoms with E-state index in [1.54, 1.807) is 4.90 Å². The Kier molecular flexibility index (Phi) is 8.42. The van der Waals surface area contributed by atoms with Gasteiger partial charge in [0.05, 0.1) is 5.69 Å². The number of alkyl halides is 2. The maximum Gasteiger partial charge on any atom is 0.363 e. The van der Waals surface area contributed by atoms with Crippen molar-refractivity contribution in [2.75, 3.05) is 18.0 Å². The molecular formula is C14H23F2N3O2. The fourth-order valence-electron chi connectivity index (χ4n) is 1.77. The minimum absolute atomic E-state index is 0.190. The van der Waals surface area contributed by atoms with E-state index < -0.39 is 10.8 Å². The van der Waals surface area contributed by atoms with Crippen LogP contribution in [0.5, 0.6) is 0 Å². The van der Waals surface area contributed by atoms with Gasteiger partial charge in [-0.25, -0.2) is 8.78 Å². The monoisotopic (exact) mass is 303 g/mol. The molecule has 0 atom stereocenters. The van der Waals surface area contributed by atoms with Gasteiger partial charge in [0.25, 0.3) is 5.92 Å². The summed E-state index contributed by atoms with van der Waals surface area (Å²) in [6.45, 7) is 8.49. The largest absolute Gasteiger partial charge is 0.368 e. The van der Waals surface area contributed by atoms with Crippen LogP contribution in [-0.2, 0) is 0 Å². The van der Waals surface area contributed by atoms with Gasteiger partial charge in [-0.2, -0.15) is 0 Å². The van der Waals surface area contributed by atoms with E-state index in [-0.39, 0.29) is 31.7 Å². The molecule has 0 aliphatic carbocycles. The van der Waals surface area contributed by atoms with Gasteiger partial charge in [-0.3, -0.25) is 0 Å². The highest BCUT2D eigenvalue weighted by Crippen LogP contribution is 2.30. The lowest BCUT2D eigenvalue weighted by atomic mass is 10.1. The molecular weight excluding hydrogens is 280 g/mol. The van der Waals surface area contributed by atoms with Crippen LogP contribution in [0.4, 0.5) is 20.3 Å². The van der Waals surface area contributed by atoms with Crippen LogP contribution in [0.2, 0.25) is 0 Å². The summed E-state index contributed by atoms with van der Waals surface area (Å²) in [6, 6.07) is 2.82. The molecule has 0 radical (unpaired) electrons. The fraction of sp³-hybridized carbons (Fsp3) is 0.643. The number of hydrogen-bond acceptors (Lipinski definition) is 4. The van der Waals surface area contributed by atoms with Crippen LogP contribution in [0, 0.1) is 10.1 Å². The molecule has 1 aliphatic heterocycles. The predicted octanol–water partition coefficient (Wildman–Crippen LogP) is 4.28. The normalized spacial score (nSPS) is 16.0. The molecule has 1 aromatic heterocycles. The molecule has 5 nitrogen and oxygen atoms in total. The maximum atomic E-state index is 12.9. The molecule has 0 saturated carbocycles. The molecule has 0 amide bonds. The summed E-state index contributed by atoms with van der Waals surface area (Å²) < 4.78 is 25.9. The van der Waals surface area contributed by atoms with Crippen molar-refractivity contribution >= 4 is 11.5 Å². The first-order valence-corrected chi connectivity index (χ1v) is 7.21. The van der Waals surface area contributed by atoms with Gasteiger partial charge in [0.15, 0.2) is 6.20 Å². The first-order chi connectivity index (χ1) is 9.98. The lowest BCUT2D eigenvalue weighted by Gasteiger charge is -2.32. The molecule has 0 N–H and O–H groups in total. The van der Waals surface area contributed by atoms with E-state index in [0.29, 0.717) is 5.69 Å². The summed E-state index contributed by atoms with van der Waals surface area (Å²) >= 11 is 0. The third kappa shape index (κ3) is 6.01. The van der Waals surface area contributed by atoms with E-state index in [4.69, 9.17) is 0 Å². The van der Waals surface area contributed by atoms with Crippen LogP contribution >= 0.6 is 0 Å². The number of pyridine rings is 1. The summed E-state index contributed by atoms with van der Waals surface area (Å²) in [4.78, 5) is 15.2. The van der Waals surface area contributed by atoms with Crippen molar-refractivity contribution in [1.29, 1.82) is 0 Å². The number of hydrogen-bond donors (Lipinski definition) is 0. The topological polar surface area (TPSA) is 59.3 Å². The second-order valence-electron chi connectivity index (χ2n) is 3.97. The average molecular weight is 303 g/mol. The summed E-state index contributed by atoms with van der Waals surface area (Å²) in [5.74, 6) is -2.83. The number of piperidine rings is 1. The van der Waals surface area contributed by atoms with Gasteiger partial charge in [-0.05, 0) is 16.0 Å². The van der Waals surface area contributed by atoms with Crippen molar-refractivity contribution in [3.05, 3.63) is 28.4 Å². The molecule has 0 aromatic carbocycles. The highest BCUT2D eigenvalue weighted by atomic mass is 19.3. The Bertz CT molecular complexity index is 415. The fourth-order valence-corrected chi connectivity index (χ4v) is 1.77. The standard InChI is InChI=1S/C10H11F2N3O2.2C2H6/c11-10(12)3-5-14(6-4-10)8-1-2-9(13-7-8)15(16)17;2*1-2/h1-2,7H,3-6H2;2*1-2H3. The van der Waals surface area contributed by atoms with E-state index in [1.165, 1.54) is 18.3 Å². The van der Waals surface area contributed by atoms with Crippen molar-refractivity contribution in [3.8, 4) is 0 Å². The quantitative estimate of drug-likeness (QED) is 0.604. The Morgan fingerprint density at radius 2 is 1.71 bits per heavy atom. The summed E-state index contributed by atoms with van der Waals surface area (Å²) in [7, 11) is 0. The highest BCUT2D eigenvalue weighted by Gasteiger charge is 2.34. The number of nitro groups is 1. The smallest absolute Gasteiger partial charge is 0.363 e. The van der Waals surface area contributed by atoms with Gasteiger partial charge in [-0.1, -0.05) is 27.7 Å². The number of aromatic nitrogens is 1. The van der Waals surface area contributed by atoms with E-state index in [9.17, 15) is 18.9 Å². The molecule has 1 saturated heterocycles. The molecule has 2 rings (SSSR count). The Balaban J connectivity index is 0.000000921. The van der Waals surface area contributed by atoms with Gasteiger partial charge < -0.3 is 15.0 Å². The van der Waals surface area contributed by atoms with Gasteiger partial charge >= 0.3 is 5.82 Å². The van der Waals surface area contributed by atoms with Gasteiger partial charge in [-0.15, -0.1) is 0 Å². The first-order valence-electron chi connectivity index (χ1n) is 7.21. The van der Waals surface area contributed by atoms with Crippen LogP contribution in [-0.4, -0.2) is 28.9 Å². The Labute approximate surface area is 124 Å². The molecule has 7 heteroatoms. The Morgan fingerprint density at radius 1 is 1.19 bits per heavy atom. The molecule has 0 bridgehead atoms. The van der Waals surface area contributed by atoms with E-state index in [1.807, 2.05) is 27.7 Å². The predicted molar refractivity (Wildman–Crippen MR) is 80.0 cm³/mol. The zero-order valence-corrected chi connectivity index (χ0v) is 13.0. The summed E-state index contributed by atoms with van der Waals surface area (Å²) in [5.41, 5.74) is 0.645. The second kappa shape index (κ2) is 9.20. The first kappa shape index (κ1) is 19.2. The molecule has 2 heterocycles. The number of halogens is 2. The van der Waals surface area contributed by atoms with Crippen molar-refractivity contribution in [3.63, 3.8) is 0 Å². The SMILES string of the molecule is CC.CC.O=[N+]([O-])c1ccc(N2CCC(F)(F)CC2)cn1. The number of anilines is 1. The third-order valence-electron chi connectivity index (χ3n) is 2.78. The summed E-state index contributed by atoms with van der Waals surface area (Å²) in [5, 5.41) is 10.4. The minimum atomic E-state index is -2.59. The van der Waals surface area contributed by atoms with Gasteiger partial charge in [0.1, 0.15) is 0 Å². The molecule has 21 heavy (non-hydrogen) atoms. The van der Waals surface area contributed by atoms with Crippen LogP contribution in [0.1, 0.15) is 40.5 Å². The van der Waals surface area contributed by atoms with E-state index in [2.05, 4.69) is 4.98 Å². The average Bonchev–Trinajstić information content (AvgIpc) is 2.51. The number of rotatable bonds is 2. The minimum Gasteiger partial charge on any atom is -0.368 e. The van der Waals surface area contributed by atoms with Crippen molar-refractivity contribution < 1.29 is 13.7 Å². The molecule has 1 aromatic rings. The maximum absolute atomic E-state index is 12.9. The molecule has 1 aliphatic rings. The van der Waals surface area contributed by atoms with Gasteiger partial charge in [0, 0.05) is 32.0 Å². The van der Waals surface area contributed by atoms with Crippen LogP contribution < -0.4 is 4.90 Å². The lowest BCUT2D eigenvalue weighted by Crippen LogP contribution is -2.39. The Morgan fingerprint density at radius 3 is 2.10 bits per heavy atom. The second-order valence-corrected chi connectivity index (χ2v) is 3.97. The molecule has 0 unspecified atom stereocenters. The molecule has 1 fully saturated rings. The van der Waals surface area contributed by atoms with E-state index in [0.717, 1.165) is 0 Å². The number of nitrogens with zero attached hydrogens (tertiary/aromatic N) is 3. The van der Waals surface area contributed by atoms with Crippen molar-refractivity contribution in [2.45, 2.75) is 46.5 Å². The summed E-state index contributed by atoms with van der Waals surface area (Å²) in [6.07, 6.45) is 0.968.